The molecule has 3 aromatic rings. The SMILES string of the molecule is CCN(OC)c1cc(-c2nc(SC)[nH]c2-c2ccc(F)cc2)ccn1. The Morgan fingerprint density at radius 2 is 1.96 bits per heavy atom. The van der Waals surface area contributed by atoms with Crippen molar-refractivity contribution in [3.8, 4) is 22.5 Å². The highest BCUT2D eigenvalue weighted by atomic mass is 32.2. The van der Waals surface area contributed by atoms with Gasteiger partial charge >= 0.3 is 0 Å². The summed E-state index contributed by atoms with van der Waals surface area (Å²) in [5, 5.41) is 2.50. The Morgan fingerprint density at radius 3 is 2.60 bits per heavy atom. The second kappa shape index (κ2) is 7.67. The van der Waals surface area contributed by atoms with Gasteiger partial charge in [0.1, 0.15) is 5.82 Å². The van der Waals surface area contributed by atoms with Crippen molar-refractivity contribution >= 4 is 17.6 Å². The van der Waals surface area contributed by atoms with E-state index in [1.54, 1.807) is 30.5 Å². The van der Waals surface area contributed by atoms with E-state index in [0.717, 1.165) is 27.7 Å². The highest BCUT2D eigenvalue weighted by Crippen LogP contribution is 2.33. The largest absolute Gasteiger partial charge is 0.332 e. The Balaban J connectivity index is 2.09. The lowest BCUT2D eigenvalue weighted by Gasteiger charge is -2.18. The average Bonchev–Trinajstić information content (AvgIpc) is 3.08. The Morgan fingerprint density at radius 1 is 1.20 bits per heavy atom. The zero-order valence-electron chi connectivity index (χ0n) is 14.3. The molecule has 3 rings (SSSR count). The van der Waals surface area contributed by atoms with Crippen LogP contribution in [0.3, 0.4) is 0 Å². The van der Waals surface area contributed by atoms with Crippen molar-refractivity contribution in [3.63, 3.8) is 0 Å². The molecule has 0 fully saturated rings. The maximum atomic E-state index is 13.3. The van der Waals surface area contributed by atoms with Gasteiger partial charge < -0.3 is 4.98 Å². The maximum absolute atomic E-state index is 13.3. The number of hydroxylamine groups is 1. The fourth-order valence-corrected chi connectivity index (χ4v) is 2.96. The standard InChI is InChI=1S/C18H19FN4OS/c1-4-23(24-2)15-11-13(9-10-20-15)17-16(21-18(22-17)25-3)12-5-7-14(19)8-6-12/h5-11H,4H2,1-3H3,(H,21,22). The average molecular weight is 358 g/mol. The molecular weight excluding hydrogens is 339 g/mol. The summed E-state index contributed by atoms with van der Waals surface area (Å²) in [4.78, 5) is 17.7. The number of thioether (sulfide) groups is 1. The van der Waals surface area contributed by atoms with Crippen LogP contribution in [0.4, 0.5) is 10.2 Å². The van der Waals surface area contributed by atoms with E-state index in [1.165, 1.54) is 23.9 Å². The molecule has 0 aliphatic rings. The molecular formula is C18H19FN4OS. The molecule has 0 spiro atoms. The second-order valence-corrected chi connectivity index (χ2v) is 6.05. The molecule has 0 atom stereocenters. The first-order valence-corrected chi connectivity index (χ1v) is 9.06. The van der Waals surface area contributed by atoms with E-state index in [-0.39, 0.29) is 5.82 Å². The number of imidazole rings is 1. The summed E-state index contributed by atoms with van der Waals surface area (Å²) in [5.74, 6) is 0.445. The van der Waals surface area contributed by atoms with Gasteiger partial charge in [-0.1, -0.05) is 11.8 Å². The first-order chi connectivity index (χ1) is 12.2. The molecule has 0 saturated heterocycles. The monoisotopic (exact) mass is 358 g/mol. The summed E-state index contributed by atoms with van der Waals surface area (Å²) in [5.41, 5.74) is 3.44. The molecule has 0 amide bonds. The van der Waals surface area contributed by atoms with Crippen LogP contribution in [0.25, 0.3) is 22.5 Å². The fourth-order valence-electron chi connectivity index (χ4n) is 2.57. The molecule has 0 aliphatic heterocycles. The number of hydrogen-bond acceptors (Lipinski definition) is 5. The van der Waals surface area contributed by atoms with Gasteiger partial charge in [0.15, 0.2) is 11.0 Å². The molecule has 25 heavy (non-hydrogen) atoms. The van der Waals surface area contributed by atoms with Crippen LogP contribution in [0, 0.1) is 5.82 Å². The predicted molar refractivity (Wildman–Crippen MR) is 99.0 cm³/mol. The van der Waals surface area contributed by atoms with Crippen molar-refractivity contribution in [2.24, 2.45) is 0 Å². The van der Waals surface area contributed by atoms with Gasteiger partial charge in [-0.15, -0.1) is 0 Å². The number of nitrogens with zero attached hydrogens (tertiary/aromatic N) is 3. The van der Waals surface area contributed by atoms with E-state index < -0.39 is 0 Å². The van der Waals surface area contributed by atoms with Gasteiger partial charge in [0.25, 0.3) is 0 Å². The number of anilines is 1. The maximum Gasteiger partial charge on any atom is 0.166 e. The third-order valence-corrected chi connectivity index (χ3v) is 4.37. The van der Waals surface area contributed by atoms with Crippen LogP contribution in [0.5, 0.6) is 0 Å². The topological polar surface area (TPSA) is 54.0 Å². The van der Waals surface area contributed by atoms with Gasteiger partial charge in [-0.3, -0.25) is 4.84 Å². The molecule has 1 N–H and O–H groups in total. The Labute approximate surface area is 150 Å². The van der Waals surface area contributed by atoms with Gasteiger partial charge in [-0.05, 0) is 49.6 Å². The molecule has 7 heteroatoms. The summed E-state index contributed by atoms with van der Waals surface area (Å²) in [6.07, 6.45) is 3.69. The molecule has 0 aliphatic carbocycles. The Kier molecular flexibility index (Phi) is 5.35. The first kappa shape index (κ1) is 17.4. The van der Waals surface area contributed by atoms with Crippen LogP contribution in [0.15, 0.2) is 47.8 Å². The van der Waals surface area contributed by atoms with Gasteiger partial charge in [0.05, 0.1) is 18.5 Å². The summed E-state index contributed by atoms with van der Waals surface area (Å²) in [6.45, 7) is 2.66. The lowest BCUT2D eigenvalue weighted by atomic mass is 10.1. The van der Waals surface area contributed by atoms with E-state index in [1.807, 2.05) is 25.3 Å². The molecule has 2 aromatic heterocycles. The van der Waals surface area contributed by atoms with Crippen molar-refractivity contribution in [3.05, 3.63) is 48.4 Å². The van der Waals surface area contributed by atoms with Crippen LogP contribution in [0.2, 0.25) is 0 Å². The molecule has 0 bridgehead atoms. The van der Waals surface area contributed by atoms with E-state index >= 15 is 0 Å². The number of halogens is 1. The van der Waals surface area contributed by atoms with Crippen molar-refractivity contribution in [2.75, 3.05) is 25.0 Å². The summed E-state index contributed by atoms with van der Waals surface area (Å²) < 4.78 is 13.3. The lowest BCUT2D eigenvalue weighted by Crippen LogP contribution is -2.21. The second-order valence-electron chi connectivity index (χ2n) is 5.26. The van der Waals surface area contributed by atoms with Crippen molar-refractivity contribution in [1.82, 2.24) is 15.0 Å². The van der Waals surface area contributed by atoms with Crippen LogP contribution in [0.1, 0.15) is 6.92 Å². The van der Waals surface area contributed by atoms with Crippen molar-refractivity contribution in [1.29, 1.82) is 0 Å². The number of H-pyrrole nitrogens is 1. The number of hydrogen-bond donors (Lipinski definition) is 1. The number of nitrogens with one attached hydrogen (secondary N) is 1. The van der Waals surface area contributed by atoms with E-state index in [0.29, 0.717) is 12.4 Å². The highest BCUT2D eigenvalue weighted by Gasteiger charge is 2.16. The Hall–Kier alpha value is -2.38. The minimum Gasteiger partial charge on any atom is -0.332 e. The van der Waals surface area contributed by atoms with Gasteiger partial charge in [0.2, 0.25) is 0 Å². The zero-order valence-corrected chi connectivity index (χ0v) is 15.1. The quantitative estimate of drug-likeness (QED) is 0.523. The summed E-state index contributed by atoms with van der Waals surface area (Å²) in [7, 11) is 1.61. The number of rotatable bonds is 6. The van der Waals surface area contributed by atoms with E-state index in [2.05, 4.69) is 15.0 Å². The van der Waals surface area contributed by atoms with Gasteiger partial charge in [-0.2, -0.15) is 0 Å². The molecule has 5 nitrogen and oxygen atoms in total. The minimum atomic E-state index is -0.264. The molecule has 0 unspecified atom stereocenters. The third kappa shape index (κ3) is 3.67. The van der Waals surface area contributed by atoms with E-state index in [4.69, 9.17) is 4.84 Å². The smallest absolute Gasteiger partial charge is 0.166 e. The van der Waals surface area contributed by atoms with Crippen LogP contribution < -0.4 is 5.06 Å². The number of aromatic amines is 1. The van der Waals surface area contributed by atoms with Gasteiger partial charge in [-0.25, -0.2) is 19.4 Å². The minimum absolute atomic E-state index is 0.264. The highest BCUT2D eigenvalue weighted by molar-refractivity contribution is 7.98. The summed E-state index contributed by atoms with van der Waals surface area (Å²) >= 11 is 1.52. The molecule has 0 saturated carbocycles. The van der Waals surface area contributed by atoms with Crippen molar-refractivity contribution < 1.29 is 9.23 Å². The fraction of sp³-hybridized carbons (Fsp3) is 0.222. The van der Waals surface area contributed by atoms with Crippen LogP contribution in [-0.2, 0) is 4.84 Å². The van der Waals surface area contributed by atoms with Gasteiger partial charge in [0, 0.05) is 23.9 Å². The lowest BCUT2D eigenvalue weighted by molar-refractivity contribution is 0.168. The normalized spacial score (nSPS) is 10.9. The molecule has 1 aromatic carbocycles. The van der Waals surface area contributed by atoms with Crippen LogP contribution >= 0.6 is 11.8 Å². The number of aromatic nitrogens is 3. The molecule has 0 radical (unpaired) electrons. The first-order valence-electron chi connectivity index (χ1n) is 7.84. The third-order valence-electron chi connectivity index (χ3n) is 3.79. The summed E-state index contributed by atoms with van der Waals surface area (Å²) in [6, 6.07) is 10.2. The Bertz CT molecular complexity index is 847. The predicted octanol–water partition coefficient (Wildman–Crippen LogP) is 4.39. The molecule has 2 heterocycles. The number of pyridine rings is 1. The number of benzene rings is 1. The zero-order chi connectivity index (χ0) is 17.8. The van der Waals surface area contributed by atoms with Crippen molar-refractivity contribution in [2.45, 2.75) is 12.1 Å². The van der Waals surface area contributed by atoms with E-state index in [9.17, 15) is 4.39 Å². The van der Waals surface area contributed by atoms with Crippen LogP contribution in [-0.4, -0.2) is 34.9 Å². The molecule has 130 valence electrons.